The Bertz CT molecular complexity index is 615. The number of nitrogens with two attached hydrogens (primary N) is 2. The van der Waals surface area contributed by atoms with Gasteiger partial charge in [0.15, 0.2) is 10.2 Å². The third kappa shape index (κ3) is 4.59. The Labute approximate surface area is 138 Å². The zero-order chi connectivity index (χ0) is 15.2. The summed E-state index contributed by atoms with van der Waals surface area (Å²) in [5, 5.41) is 6.41. The van der Waals surface area contributed by atoms with Crippen molar-refractivity contribution in [2.75, 3.05) is 10.6 Å². The minimum atomic E-state index is 0.234. The largest absolute Gasteiger partial charge is 0.376 e. The summed E-state index contributed by atoms with van der Waals surface area (Å²) in [4.78, 5) is 2.00. The SMILES string of the molecule is NC(=S)Nc1ccccc1Sc1ccccc1NC(N)=S. The summed E-state index contributed by atoms with van der Waals surface area (Å²) < 4.78 is 0. The molecule has 0 aliphatic rings. The van der Waals surface area contributed by atoms with Gasteiger partial charge in [-0.3, -0.25) is 0 Å². The molecule has 0 aromatic heterocycles. The first-order valence-corrected chi connectivity index (χ1v) is 7.68. The van der Waals surface area contributed by atoms with E-state index in [0.29, 0.717) is 0 Å². The first-order chi connectivity index (χ1) is 10.1. The molecule has 0 fully saturated rings. The van der Waals surface area contributed by atoms with E-state index in [1.165, 1.54) is 0 Å². The van der Waals surface area contributed by atoms with Crippen LogP contribution in [0.5, 0.6) is 0 Å². The highest BCUT2D eigenvalue weighted by Crippen LogP contribution is 2.37. The Kier molecular flexibility index (Phi) is 5.38. The number of hydrogen-bond acceptors (Lipinski definition) is 3. The Morgan fingerprint density at radius 1 is 0.762 bits per heavy atom. The van der Waals surface area contributed by atoms with E-state index in [2.05, 4.69) is 10.6 Å². The van der Waals surface area contributed by atoms with Crippen molar-refractivity contribution in [2.24, 2.45) is 11.5 Å². The average Bonchev–Trinajstić information content (AvgIpc) is 2.42. The van der Waals surface area contributed by atoms with Gasteiger partial charge >= 0.3 is 0 Å². The van der Waals surface area contributed by atoms with Crippen LogP contribution in [0.3, 0.4) is 0 Å². The molecule has 21 heavy (non-hydrogen) atoms. The van der Waals surface area contributed by atoms with E-state index in [9.17, 15) is 0 Å². The number of benzene rings is 2. The molecule has 2 aromatic rings. The number of nitrogens with one attached hydrogen (secondary N) is 2. The fourth-order valence-corrected chi connectivity index (χ4v) is 2.91. The summed E-state index contributed by atoms with van der Waals surface area (Å²) in [7, 11) is 0. The molecule has 0 bridgehead atoms. The first kappa shape index (κ1) is 15.6. The van der Waals surface area contributed by atoms with Gasteiger partial charge in [-0.15, -0.1) is 0 Å². The normalized spacial score (nSPS) is 9.90. The quantitative estimate of drug-likeness (QED) is 0.640. The van der Waals surface area contributed by atoms with Crippen molar-refractivity contribution in [2.45, 2.75) is 9.79 Å². The highest BCUT2D eigenvalue weighted by Gasteiger charge is 2.08. The van der Waals surface area contributed by atoms with Gasteiger partial charge < -0.3 is 22.1 Å². The number of para-hydroxylation sites is 2. The Morgan fingerprint density at radius 3 is 1.52 bits per heavy atom. The molecule has 0 radical (unpaired) electrons. The van der Waals surface area contributed by atoms with Crippen LogP contribution in [0.25, 0.3) is 0 Å². The molecule has 0 unspecified atom stereocenters. The van der Waals surface area contributed by atoms with Crippen molar-refractivity contribution in [1.82, 2.24) is 0 Å². The lowest BCUT2D eigenvalue weighted by molar-refractivity contribution is 1.39. The van der Waals surface area contributed by atoms with Gasteiger partial charge in [0.1, 0.15) is 0 Å². The predicted molar refractivity (Wildman–Crippen MR) is 97.8 cm³/mol. The molecule has 108 valence electrons. The molecular formula is C14H14N4S3. The monoisotopic (exact) mass is 334 g/mol. The van der Waals surface area contributed by atoms with Gasteiger partial charge in [0, 0.05) is 9.79 Å². The van der Waals surface area contributed by atoms with Crippen molar-refractivity contribution < 1.29 is 0 Å². The maximum absolute atomic E-state index is 5.55. The van der Waals surface area contributed by atoms with Crippen LogP contribution < -0.4 is 22.1 Å². The third-order valence-corrected chi connectivity index (χ3v) is 3.87. The van der Waals surface area contributed by atoms with Gasteiger partial charge in [-0.1, -0.05) is 36.0 Å². The molecule has 6 N–H and O–H groups in total. The van der Waals surface area contributed by atoms with Gasteiger partial charge in [-0.2, -0.15) is 0 Å². The van der Waals surface area contributed by atoms with Crippen molar-refractivity contribution in [3.63, 3.8) is 0 Å². The minimum Gasteiger partial charge on any atom is -0.376 e. The van der Waals surface area contributed by atoms with E-state index in [1.54, 1.807) is 11.8 Å². The fourth-order valence-electron chi connectivity index (χ4n) is 1.70. The van der Waals surface area contributed by atoms with E-state index in [4.69, 9.17) is 35.9 Å². The van der Waals surface area contributed by atoms with Crippen LogP contribution in [0.4, 0.5) is 11.4 Å². The van der Waals surface area contributed by atoms with Crippen molar-refractivity contribution >= 4 is 57.8 Å². The molecule has 0 spiro atoms. The first-order valence-electron chi connectivity index (χ1n) is 6.05. The molecule has 0 heterocycles. The lowest BCUT2D eigenvalue weighted by Gasteiger charge is -2.13. The number of rotatable bonds is 4. The number of thiocarbonyl (C=S) groups is 2. The van der Waals surface area contributed by atoms with E-state index in [1.807, 2.05) is 48.5 Å². The van der Waals surface area contributed by atoms with E-state index < -0.39 is 0 Å². The zero-order valence-electron chi connectivity index (χ0n) is 11.0. The lowest BCUT2D eigenvalue weighted by Crippen LogP contribution is -2.19. The standard InChI is InChI=1S/C14H14N4S3/c15-13(19)17-9-5-1-3-7-11(9)21-12-8-4-2-6-10(12)18-14(16)20/h1-8H,(H3,15,17,19)(H3,16,18,20). The maximum atomic E-state index is 5.55. The molecule has 0 saturated carbocycles. The number of anilines is 2. The van der Waals surface area contributed by atoms with Gasteiger partial charge in [-0.25, -0.2) is 0 Å². The van der Waals surface area contributed by atoms with Crippen LogP contribution in [-0.4, -0.2) is 10.2 Å². The molecule has 0 aliphatic heterocycles. The van der Waals surface area contributed by atoms with Crippen LogP contribution in [0.1, 0.15) is 0 Å². The molecule has 0 saturated heterocycles. The second-order valence-electron chi connectivity index (χ2n) is 4.07. The fraction of sp³-hybridized carbons (Fsp3) is 0. The zero-order valence-corrected chi connectivity index (χ0v) is 13.4. The van der Waals surface area contributed by atoms with Crippen molar-refractivity contribution in [3.05, 3.63) is 48.5 Å². The highest BCUT2D eigenvalue weighted by atomic mass is 32.2. The van der Waals surface area contributed by atoms with Crippen molar-refractivity contribution in [3.8, 4) is 0 Å². The van der Waals surface area contributed by atoms with E-state index >= 15 is 0 Å². The molecule has 4 nitrogen and oxygen atoms in total. The van der Waals surface area contributed by atoms with Gasteiger partial charge in [-0.05, 0) is 48.7 Å². The summed E-state index contributed by atoms with van der Waals surface area (Å²) in [6, 6.07) is 15.6. The van der Waals surface area contributed by atoms with Gasteiger partial charge in [0.25, 0.3) is 0 Å². The Balaban J connectivity index is 2.30. The van der Waals surface area contributed by atoms with E-state index in [0.717, 1.165) is 21.2 Å². The summed E-state index contributed by atoms with van der Waals surface area (Å²) in [6.45, 7) is 0. The molecule has 7 heteroatoms. The molecular weight excluding hydrogens is 320 g/mol. The Morgan fingerprint density at radius 2 is 1.14 bits per heavy atom. The molecule has 0 amide bonds. The third-order valence-electron chi connectivity index (χ3n) is 2.51. The average molecular weight is 334 g/mol. The second kappa shape index (κ2) is 7.26. The smallest absolute Gasteiger partial charge is 0.168 e. The highest BCUT2D eigenvalue weighted by molar-refractivity contribution is 7.99. The molecule has 2 aromatic carbocycles. The maximum Gasteiger partial charge on any atom is 0.168 e. The summed E-state index contributed by atoms with van der Waals surface area (Å²) in [5.74, 6) is 0. The Hall–Kier alpha value is -1.83. The topological polar surface area (TPSA) is 76.1 Å². The van der Waals surface area contributed by atoms with Crippen LogP contribution in [-0.2, 0) is 0 Å². The molecule has 2 rings (SSSR count). The van der Waals surface area contributed by atoms with Crippen LogP contribution in [0, 0.1) is 0 Å². The van der Waals surface area contributed by atoms with E-state index in [-0.39, 0.29) is 10.2 Å². The van der Waals surface area contributed by atoms with Crippen LogP contribution >= 0.6 is 36.2 Å². The summed E-state index contributed by atoms with van der Waals surface area (Å²) >= 11 is 11.4. The van der Waals surface area contributed by atoms with Gasteiger partial charge in [0.05, 0.1) is 11.4 Å². The summed E-state index contributed by atoms with van der Waals surface area (Å²) in [6.07, 6.45) is 0. The van der Waals surface area contributed by atoms with Gasteiger partial charge in [0.2, 0.25) is 0 Å². The van der Waals surface area contributed by atoms with Crippen LogP contribution in [0.15, 0.2) is 58.3 Å². The summed E-state index contributed by atoms with van der Waals surface area (Å²) in [5.41, 5.74) is 12.8. The number of hydrogen-bond donors (Lipinski definition) is 4. The predicted octanol–water partition coefficient (Wildman–Crippen LogP) is 3.15. The van der Waals surface area contributed by atoms with Crippen LogP contribution in [0.2, 0.25) is 0 Å². The minimum absolute atomic E-state index is 0.234. The molecule has 0 aliphatic carbocycles. The second-order valence-corrected chi connectivity index (χ2v) is 6.04. The van der Waals surface area contributed by atoms with Crippen molar-refractivity contribution in [1.29, 1.82) is 0 Å². The lowest BCUT2D eigenvalue weighted by atomic mass is 10.3. The molecule has 0 atom stereocenters.